The van der Waals surface area contributed by atoms with Crippen LogP contribution in [0.25, 0.3) is 0 Å². The molecule has 0 radical (unpaired) electrons. The lowest BCUT2D eigenvalue weighted by Crippen LogP contribution is -2.00. The molecule has 0 bridgehead atoms. The Bertz CT molecular complexity index is 304. The van der Waals surface area contributed by atoms with Gasteiger partial charge >= 0.3 is 0 Å². The molecule has 1 heterocycles. The molecular weight excluding hydrogens is 161 g/mol. The van der Waals surface area contributed by atoms with Crippen molar-refractivity contribution in [1.29, 1.82) is 5.53 Å². The van der Waals surface area contributed by atoms with E-state index in [0.717, 1.165) is 6.07 Å². The highest BCUT2D eigenvalue weighted by atomic mass is 19.1. The van der Waals surface area contributed by atoms with Gasteiger partial charge in [-0.05, 0) is 12.1 Å². The Balaban J connectivity index is 3.04. The average molecular weight is 167 g/mol. The van der Waals surface area contributed by atoms with Gasteiger partial charge in [0, 0.05) is 11.8 Å². The van der Waals surface area contributed by atoms with Crippen molar-refractivity contribution in [1.82, 2.24) is 4.98 Å². The summed E-state index contributed by atoms with van der Waals surface area (Å²) >= 11 is 0. The molecule has 0 aliphatic rings. The van der Waals surface area contributed by atoms with E-state index in [1.807, 2.05) is 0 Å². The number of amidine groups is 1. The second-order valence-electron chi connectivity index (χ2n) is 1.93. The summed E-state index contributed by atoms with van der Waals surface area (Å²) < 4.78 is 12.3. The maximum Gasteiger partial charge on any atom is 0.212 e. The third-order valence-corrected chi connectivity index (χ3v) is 1.21. The summed E-state index contributed by atoms with van der Waals surface area (Å²) in [6.45, 7) is 0. The minimum atomic E-state index is -0.597. The molecular formula is C6H6FN5. The lowest BCUT2D eigenvalue weighted by atomic mass is 10.3. The SMILES string of the molecule is N=N/C(=N\N)c1ccc(F)nc1. The number of nitrogens with zero attached hydrogens (tertiary/aromatic N) is 3. The van der Waals surface area contributed by atoms with E-state index >= 15 is 0 Å². The lowest BCUT2D eigenvalue weighted by molar-refractivity contribution is 0.583. The third-order valence-electron chi connectivity index (χ3n) is 1.21. The minimum absolute atomic E-state index is 0.0162. The Labute approximate surface area is 67.6 Å². The molecule has 3 N–H and O–H groups in total. The van der Waals surface area contributed by atoms with E-state index < -0.39 is 5.95 Å². The van der Waals surface area contributed by atoms with E-state index in [4.69, 9.17) is 11.4 Å². The fourth-order valence-corrected chi connectivity index (χ4v) is 0.676. The topological polar surface area (TPSA) is 87.5 Å². The van der Waals surface area contributed by atoms with Crippen LogP contribution in [0.1, 0.15) is 5.56 Å². The number of nitrogens with one attached hydrogen (secondary N) is 1. The highest BCUT2D eigenvalue weighted by molar-refractivity contribution is 5.98. The molecule has 0 aliphatic heterocycles. The van der Waals surface area contributed by atoms with Crippen LogP contribution in [-0.2, 0) is 0 Å². The van der Waals surface area contributed by atoms with Gasteiger partial charge in [-0.1, -0.05) is 0 Å². The summed E-state index contributed by atoms with van der Waals surface area (Å²) in [5.41, 5.74) is 7.05. The zero-order chi connectivity index (χ0) is 8.97. The minimum Gasteiger partial charge on any atom is -0.321 e. The summed E-state index contributed by atoms with van der Waals surface area (Å²) in [5.74, 6) is 4.33. The molecule has 5 nitrogen and oxygen atoms in total. The normalized spacial score (nSPS) is 11.2. The van der Waals surface area contributed by atoms with Gasteiger partial charge in [-0.2, -0.15) is 9.49 Å². The molecule has 0 unspecified atom stereocenters. The van der Waals surface area contributed by atoms with Crippen LogP contribution in [-0.4, -0.2) is 10.8 Å². The zero-order valence-corrected chi connectivity index (χ0v) is 6.03. The number of hydrazone groups is 1. The Morgan fingerprint density at radius 1 is 1.58 bits per heavy atom. The molecule has 0 spiro atoms. The van der Waals surface area contributed by atoms with Crippen LogP contribution in [0.5, 0.6) is 0 Å². The van der Waals surface area contributed by atoms with Crippen LogP contribution in [0.2, 0.25) is 0 Å². The van der Waals surface area contributed by atoms with E-state index in [-0.39, 0.29) is 5.84 Å². The van der Waals surface area contributed by atoms with Crippen molar-refractivity contribution in [2.75, 3.05) is 0 Å². The number of pyridine rings is 1. The first-order valence-electron chi connectivity index (χ1n) is 3.05. The first kappa shape index (κ1) is 8.25. The molecule has 0 fully saturated rings. The van der Waals surface area contributed by atoms with Gasteiger partial charge in [0.15, 0.2) is 0 Å². The molecule has 0 saturated heterocycles. The Morgan fingerprint density at radius 2 is 2.33 bits per heavy atom. The number of aromatic nitrogens is 1. The maximum absolute atomic E-state index is 12.3. The van der Waals surface area contributed by atoms with E-state index in [9.17, 15) is 4.39 Å². The standard InChI is InChI=1S/C6H6FN5/c7-5-2-1-4(3-10-5)6(11-8)12-9/h1-3,8H,9H2/b11-8?,12-6-. The largest absolute Gasteiger partial charge is 0.321 e. The van der Waals surface area contributed by atoms with Crippen molar-refractivity contribution >= 4 is 5.84 Å². The molecule has 1 aromatic heterocycles. The summed E-state index contributed by atoms with van der Waals surface area (Å²) in [5, 5.41) is 6.23. The molecule has 0 aromatic carbocycles. The van der Waals surface area contributed by atoms with Gasteiger partial charge in [-0.25, -0.2) is 10.5 Å². The van der Waals surface area contributed by atoms with E-state index in [1.165, 1.54) is 12.3 Å². The molecule has 1 aromatic rings. The molecule has 0 aliphatic carbocycles. The average Bonchev–Trinajstić information content (AvgIpc) is 2.10. The summed E-state index contributed by atoms with van der Waals surface area (Å²) in [6, 6.07) is 2.54. The quantitative estimate of drug-likeness (QED) is 0.162. The molecule has 6 heteroatoms. The predicted octanol–water partition coefficient (Wildman–Crippen LogP) is 0.872. The summed E-state index contributed by atoms with van der Waals surface area (Å²) in [6.07, 6.45) is 1.21. The Kier molecular flexibility index (Phi) is 2.42. The first-order chi connectivity index (χ1) is 5.77. The van der Waals surface area contributed by atoms with Gasteiger partial charge in [0.05, 0.1) is 0 Å². The fraction of sp³-hybridized carbons (Fsp3) is 0. The molecule has 62 valence electrons. The van der Waals surface area contributed by atoms with Crippen LogP contribution in [0.3, 0.4) is 0 Å². The number of hydrogen-bond acceptors (Lipinski definition) is 4. The van der Waals surface area contributed by atoms with Crippen molar-refractivity contribution in [2.24, 2.45) is 16.1 Å². The van der Waals surface area contributed by atoms with Gasteiger partial charge in [-0.15, -0.1) is 5.11 Å². The Hall–Kier alpha value is -1.85. The molecule has 1 rings (SSSR count). The Morgan fingerprint density at radius 3 is 2.75 bits per heavy atom. The van der Waals surface area contributed by atoms with Crippen LogP contribution in [0, 0.1) is 11.5 Å². The number of nitrogens with two attached hydrogens (primary N) is 1. The smallest absolute Gasteiger partial charge is 0.212 e. The number of rotatable bonds is 1. The van der Waals surface area contributed by atoms with E-state index in [2.05, 4.69) is 15.2 Å². The fourth-order valence-electron chi connectivity index (χ4n) is 0.676. The second kappa shape index (κ2) is 3.51. The summed E-state index contributed by atoms with van der Waals surface area (Å²) in [4.78, 5) is 3.35. The second-order valence-corrected chi connectivity index (χ2v) is 1.93. The molecule has 0 saturated carbocycles. The lowest BCUT2D eigenvalue weighted by Gasteiger charge is -1.95. The van der Waals surface area contributed by atoms with Crippen LogP contribution in [0.4, 0.5) is 4.39 Å². The van der Waals surface area contributed by atoms with Gasteiger partial charge in [-0.3, -0.25) is 0 Å². The summed E-state index contributed by atoms with van der Waals surface area (Å²) in [7, 11) is 0. The van der Waals surface area contributed by atoms with Gasteiger partial charge in [0.1, 0.15) is 0 Å². The van der Waals surface area contributed by atoms with Gasteiger partial charge in [0.25, 0.3) is 0 Å². The zero-order valence-electron chi connectivity index (χ0n) is 6.03. The monoisotopic (exact) mass is 167 g/mol. The van der Waals surface area contributed by atoms with Crippen molar-refractivity contribution < 1.29 is 4.39 Å². The maximum atomic E-state index is 12.3. The van der Waals surface area contributed by atoms with Crippen molar-refractivity contribution in [3.63, 3.8) is 0 Å². The van der Waals surface area contributed by atoms with Crippen molar-refractivity contribution in [2.45, 2.75) is 0 Å². The highest BCUT2D eigenvalue weighted by Crippen LogP contribution is 2.01. The number of hydrogen-bond donors (Lipinski definition) is 2. The van der Waals surface area contributed by atoms with Crippen LogP contribution < -0.4 is 5.84 Å². The van der Waals surface area contributed by atoms with Crippen molar-refractivity contribution in [3.05, 3.63) is 29.8 Å². The van der Waals surface area contributed by atoms with E-state index in [1.54, 1.807) is 0 Å². The third kappa shape index (κ3) is 1.60. The van der Waals surface area contributed by atoms with Gasteiger partial charge in [0.2, 0.25) is 11.8 Å². The van der Waals surface area contributed by atoms with Crippen molar-refractivity contribution in [3.8, 4) is 0 Å². The van der Waals surface area contributed by atoms with E-state index in [0.29, 0.717) is 5.56 Å². The highest BCUT2D eigenvalue weighted by Gasteiger charge is 2.01. The predicted molar refractivity (Wildman–Crippen MR) is 40.1 cm³/mol. The number of halogens is 1. The molecule has 0 atom stereocenters. The molecule has 0 amide bonds. The molecule has 12 heavy (non-hydrogen) atoms. The van der Waals surface area contributed by atoms with Gasteiger partial charge < -0.3 is 5.84 Å². The first-order valence-corrected chi connectivity index (χ1v) is 3.05. The van der Waals surface area contributed by atoms with Crippen LogP contribution in [0.15, 0.2) is 28.5 Å². The van der Waals surface area contributed by atoms with Crippen LogP contribution >= 0.6 is 0 Å².